The van der Waals surface area contributed by atoms with Crippen LogP contribution in [0.4, 0.5) is 4.39 Å². The molecule has 142 valence electrons. The van der Waals surface area contributed by atoms with Crippen LogP contribution < -0.4 is 5.32 Å². The maximum absolute atomic E-state index is 12.9. The van der Waals surface area contributed by atoms with Gasteiger partial charge in [-0.15, -0.1) is 16.7 Å². The fourth-order valence-electron chi connectivity index (χ4n) is 2.18. The lowest BCUT2D eigenvalue weighted by Crippen LogP contribution is -2.32. The van der Waals surface area contributed by atoms with Crippen LogP contribution in [-0.2, 0) is 20.4 Å². The maximum atomic E-state index is 12.9. The van der Waals surface area contributed by atoms with Crippen LogP contribution in [0.1, 0.15) is 37.8 Å². The van der Waals surface area contributed by atoms with Crippen molar-refractivity contribution < 1.29 is 22.0 Å². The molecule has 7 nitrogen and oxygen atoms in total. The molecule has 1 amide bonds. The largest absolute Gasteiger partial charge is 0.410 e. The summed E-state index contributed by atoms with van der Waals surface area (Å²) in [4.78, 5) is 11.8. The second-order valence-corrected chi connectivity index (χ2v) is 8.27. The summed E-state index contributed by atoms with van der Waals surface area (Å²) in [7, 11) is -3.90. The molecule has 0 bridgehead atoms. The van der Waals surface area contributed by atoms with Crippen molar-refractivity contribution in [2.45, 2.75) is 37.3 Å². The van der Waals surface area contributed by atoms with Gasteiger partial charge in [0.25, 0.3) is 0 Å². The maximum Gasteiger partial charge on any atom is 0.335 e. The second-order valence-electron chi connectivity index (χ2n) is 6.02. The number of hydrogen-bond donors (Lipinski definition) is 1. The molecule has 0 spiro atoms. The Balaban J connectivity index is 2.20. The van der Waals surface area contributed by atoms with Crippen LogP contribution in [0.15, 0.2) is 33.9 Å². The van der Waals surface area contributed by atoms with E-state index in [0.717, 1.165) is 0 Å². The first-order valence-electron chi connectivity index (χ1n) is 7.89. The number of nitrogens with one attached hydrogen (secondary N) is 1. The van der Waals surface area contributed by atoms with Gasteiger partial charge in [0.05, 0.1) is 5.75 Å². The normalized spacial score (nSPS) is 13.0. The van der Waals surface area contributed by atoms with Crippen molar-refractivity contribution >= 4 is 27.3 Å². The molecule has 10 heteroatoms. The number of nitrogens with zero attached hydrogens (tertiary/aromatic N) is 2. The number of halogens is 2. The molecule has 0 aliphatic heterocycles. The molecule has 0 saturated carbocycles. The lowest BCUT2D eigenvalue weighted by Gasteiger charge is -2.18. The van der Waals surface area contributed by atoms with Gasteiger partial charge < -0.3 is 9.73 Å². The first-order chi connectivity index (χ1) is 12.2. The number of sulfone groups is 1. The van der Waals surface area contributed by atoms with Crippen LogP contribution in [-0.4, -0.2) is 30.4 Å². The van der Waals surface area contributed by atoms with Gasteiger partial charge in [-0.25, -0.2) is 12.8 Å². The van der Waals surface area contributed by atoms with E-state index in [0.29, 0.717) is 5.56 Å². The third-order valence-corrected chi connectivity index (χ3v) is 5.13. The third-order valence-electron chi connectivity index (χ3n) is 3.53. The molecule has 2 aromatic rings. The van der Waals surface area contributed by atoms with Gasteiger partial charge in [-0.2, -0.15) is 0 Å². The quantitative estimate of drug-likeness (QED) is 0.680. The molecular weight excluding hydrogens is 385 g/mol. The van der Waals surface area contributed by atoms with Gasteiger partial charge in [0.15, 0.2) is 0 Å². The molecule has 1 aromatic heterocycles. The van der Waals surface area contributed by atoms with E-state index in [4.69, 9.17) is 16.0 Å². The molecule has 0 radical (unpaired) electrons. The number of carbonyl (C=O) groups is 1. The highest BCUT2D eigenvalue weighted by molar-refractivity contribution is 7.90. The zero-order valence-electron chi connectivity index (χ0n) is 14.3. The van der Waals surface area contributed by atoms with Crippen molar-refractivity contribution in [3.8, 4) is 0 Å². The van der Waals surface area contributed by atoms with Gasteiger partial charge in [-0.1, -0.05) is 31.1 Å². The highest BCUT2D eigenvalue weighted by Crippen LogP contribution is 2.23. The van der Waals surface area contributed by atoms with Gasteiger partial charge in [0.2, 0.25) is 21.6 Å². The summed E-state index contributed by atoms with van der Waals surface area (Å²) >= 11 is 5.54. The molecule has 1 N–H and O–H groups in total. The van der Waals surface area contributed by atoms with E-state index < -0.39 is 32.7 Å². The van der Waals surface area contributed by atoms with Gasteiger partial charge in [0.1, 0.15) is 11.9 Å². The van der Waals surface area contributed by atoms with E-state index in [2.05, 4.69) is 15.5 Å². The Morgan fingerprint density at radius 2 is 1.92 bits per heavy atom. The molecule has 0 aliphatic carbocycles. The Morgan fingerprint density at radius 1 is 1.27 bits per heavy atom. The standard InChI is InChI=1S/C16H19ClFN3O4S/c1-10(2)14(19-13(22)7-8-17)15-20-21-16(25-15)26(23,24)9-11-3-5-12(18)6-4-11/h3-6,10,14H,7-9H2,1-2H3,(H,19,22)/t14-/m0/s1. The number of amides is 1. The molecule has 0 saturated heterocycles. The summed E-state index contributed by atoms with van der Waals surface area (Å²) in [6.45, 7) is 3.64. The van der Waals surface area contributed by atoms with Crippen LogP contribution in [0.3, 0.4) is 0 Å². The minimum atomic E-state index is -3.90. The Bertz CT molecular complexity index is 853. The summed E-state index contributed by atoms with van der Waals surface area (Å²) < 4.78 is 43.1. The number of hydrogen-bond acceptors (Lipinski definition) is 6. The third kappa shape index (κ3) is 5.25. The molecule has 1 heterocycles. The predicted molar refractivity (Wildman–Crippen MR) is 92.6 cm³/mol. The fraction of sp³-hybridized carbons (Fsp3) is 0.438. The van der Waals surface area contributed by atoms with Crippen molar-refractivity contribution in [1.82, 2.24) is 15.5 Å². The Kier molecular flexibility index (Phi) is 6.71. The zero-order chi connectivity index (χ0) is 19.3. The van der Waals surface area contributed by atoms with E-state index in [9.17, 15) is 17.6 Å². The van der Waals surface area contributed by atoms with Crippen molar-refractivity contribution in [3.63, 3.8) is 0 Å². The van der Waals surface area contributed by atoms with E-state index in [1.54, 1.807) is 0 Å². The van der Waals surface area contributed by atoms with E-state index >= 15 is 0 Å². The van der Waals surface area contributed by atoms with Crippen molar-refractivity contribution in [2.24, 2.45) is 5.92 Å². The van der Waals surface area contributed by atoms with E-state index in [1.165, 1.54) is 24.3 Å². The summed E-state index contributed by atoms with van der Waals surface area (Å²) in [6, 6.07) is 4.45. The highest BCUT2D eigenvalue weighted by Gasteiger charge is 2.28. The van der Waals surface area contributed by atoms with Crippen LogP contribution in [0.25, 0.3) is 0 Å². The lowest BCUT2D eigenvalue weighted by molar-refractivity contribution is -0.122. The second kappa shape index (κ2) is 8.59. The number of carbonyl (C=O) groups excluding carboxylic acids is 1. The van der Waals surface area contributed by atoms with Gasteiger partial charge >= 0.3 is 5.22 Å². The minimum Gasteiger partial charge on any atom is -0.410 e. The van der Waals surface area contributed by atoms with Crippen LogP contribution in [0.5, 0.6) is 0 Å². The van der Waals surface area contributed by atoms with Crippen molar-refractivity contribution in [3.05, 3.63) is 41.5 Å². The summed E-state index contributed by atoms with van der Waals surface area (Å²) in [5, 5.41) is 9.52. The SMILES string of the molecule is CC(C)[C@H](NC(=O)CCCl)c1nnc(S(=O)(=O)Cc2ccc(F)cc2)o1. The smallest absolute Gasteiger partial charge is 0.335 e. The Labute approximate surface area is 155 Å². The van der Waals surface area contributed by atoms with E-state index in [-0.39, 0.29) is 30.0 Å². The minimum absolute atomic E-state index is 0.000559. The first kappa shape index (κ1) is 20.3. The molecule has 1 atom stereocenters. The number of aromatic nitrogens is 2. The van der Waals surface area contributed by atoms with Crippen molar-refractivity contribution in [1.29, 1.82) is 0 Å². The summed E-state index contributed by atoms with van der Waals surface area (Å²) in [5.74, 6) is -1.10. The molecule has 0 aliphatic rings. The number of benzene rings is 1. The predicted octanol–water partition coefficient (Wildman–Crippen LogP) is 2.62. The molecule has 1 aromatic carbocycles. The van der Waals surface area contributed by atoms with Gasteiger partial charge in [-0.3, -0.25) is 4.79 Å². The molecule has 0 fully saturated rings. The van der Waals surface area contributed by atoms with Gasteiger partial charge in [0, 0.05) is 12.3 Å². The van der Waals surface area contributed by atoms with Crippen LogP contribution in [0.2, 0.25) is 0 Å². The van der Waals surface area contributed by atoms with Crippen molar-refractivity contribution in [2.75, 3.05) is 5.88 Å². The summed E-state index contributed by atoms with van der Waals surface area (Å²) in [5.41, 5.74) is 0.391. The van der Waals surface area contributed by atoms with Gasteiger partial charge in [-0.05, 0) is 23.6 Å². The molecular formula is C16H19ClFN3O4S. The Hall–Kier alpha value is -2.00. The topological polar surface area (TPSA) is 102 Å². The number of alkyl halides is 1. The molecule has 26 heavy (non-hydrogen) atoms. The zero-order valence-corrected chi connectivity index (χ0v) is 15.8. The molecule has 2 rings (SSSR count). The average molecular weight is 404 g/mol. The Morgan fingerprint density at radius 3 is 2.50 bits per heavy atom. The first-order valence-corrected chi connectivity index (χ1v) is 10.1. The summed E-state index contributed by atoms with van der Waals surface area (Å²) in [6.07, 6.45) is 0.120. The highest BCUT2D eigenvalue weighted by atomic mass is 35.5. The molecule has 0 unspecified atom stereocenters. The number of rotatable bonds is 8. The van der Waals surface area contributed by atoms with Crippen LogP contribution in [0, 0.1) is 11.7 Å². The fourth-order valence-corrected chi connectivity index (χ4v) is 3.48. The average Bonchev–Trinajstić information content (AvgIpc) is 3.05. The lowest BCUT2D eigenvalue weighted by atomic mass is 10.0. The monoisotopic (exact) mass is 403 g/mol. The van der Waals surface area contributed by atoms with E-state index in [1.807, 2.05) is 13.8 Å². The van der Waals surface area contributed by atoms with Crippen LogP contribution >= 0.6 is 11.6 Å².